The quantitative estimate of drug-likeness (QED) is 0.620. The van der Waals surface area contributed by atoms with Crippen LogP contribution in [-0.2, 0) is 20.9 Å². The predicted octanol–water partition coefficient (Wildman–Crippen LogP) is 2.98. The molecule has 1 aromatic carbocycles. The van der Waals surface area contributed by atoms with E-state index in [0.717, 1.165) is 11.1 Å². The molecule has 3 amide bonds. The summed E-state index contributed by atoms with van der Waals surface area (Å²) in [4.78, 5) is 39.9. The molecule has 2 aliphatic rings. The number of likely N-dealkylation sites (tertiary alicyclic amines) is 1. The Morgan fingerprint density at radius 1 is 1.07 bits per heavy atom. The summed E-state index contributed by atoms with van der Waals surface area (Å²) in [5.74, 6) is -1.04. The van der Waals surface area contributed by atoms with Crippen LogP contribution in [0.2, 0.25) is 0 Å². The van der Waals surface area contributed by atoms with Crippen LogP contribution in [0.25, 0.3) is 0 Å². The first-order chi connectivity index (χ1) is 12.9. The van der Waals surface area contributed by atoms with Crippen molar-refractivity contribution in [1.29, 1.82) is 0 Å². The fourth-order valence-corrected chi connectivity index (χ4v) is 3.92. The number of fused-ring (bicyclic) bond motifs is 1. The zero-order valence-corrected chi connectivity index (χ0v) is 16.3. The van der Waals surface area contributed by atoms with Crippen molar-refractivity contribution in [3.63, 3.8) is 0 Å². The number of carbonyl (C=O) groups is 3. The molecule has 1 aliphatic carbocycles. The Hall–Kier alpha value is -2.43. The van der Waals surface area contributed by atoms with Crippen molar-refractivity contribution in [2.75, 3.05) is 0 Å². The van der Waals surface area contributed by atoms with Crippen molar-refractivity contribution in [3.8, 4) is 0 Å². The van der Waals surface area contributed by atoms with Crippen LogP contribution < -0.4 is 5.32 Å². The molecule has 1 fully saturated rings. The van der Waals surface area contributed by atoms with Crippen molar-refractivity contribution in [1.82, 2.24) is 10.2 Å². The maximum absolute atomic E-state index is 12.9. The average Bonchev–Trinajstić information content (AvgIpc) is 2.90. The van der Waals surface area contributed by atoms with E-state index in [1.54, 1.807) is 0 Å². The first-order valence-electron chi connectivity index (χ1n) is 9.73. The van der Waals surface area contributed by atoms with E-state index in [9.17, 15) is 14.4 Å². The minimum atomic E-state index is -0.735. The first kappa shape index (κ1) is 19.3. The van der Waals surface area contributed by atoms with Gasteiger partial charge in [-0.1, -0.05) is 55.8 Å². The molecule has 1 aromatic rings. The molecule has 27 heavy (non-hydrogen) atoms. The number of imide groups is 1. The standard InChI is InChI=1S/C22H28N2O3/c1-14(2)12-19(20(25)23-13-16-10-8-15(3)9-11-16)24-21(26)17-6-4-5-7-18(17)22(24)27/h4-5,8-11,14,17-19H,6-7,12-13H2,1-3H3,(H,23,25)/t17-,18-,19-/m0/s1. The monoisotopic (exact) mass is 368 g/mol. The van der Waals surface area contributed by atoms with Crippen LogP contribution in [0.3, 0.4) is 0 Å². The van der Waals surface area contributed by atoms with E-state index < -0.39 is 6.04 Å². The Morgan fingerprint density at radius 3 is 2.15 bits per heavy atom. The van der Waals surface area contributed by atoms with Gasteiger partial charge in [0.1, 0.15) is 6.04 Å². The highest BCUT2D eigenvalue weighted by molar-refractivity contribution is 6.08. The molecule has 3 rings (SSSR count). The second kappa shape index (κ2) is 8.07. The molecule has 1 N–H and O–H groups in total. The Balaban J connectivity index is 1.75. The lowest BCUT2D eigenvalue weighted by molar-refractivity contribution is -0.148. The van der Waals surface area contributed by atoms with Crippen molar-refractivity contribution >= 4 is 17.7 Å². The average molecular weight is 368 g/mol. The zero-order chi connectivity index (χ0) is 19.6. The third-order valence-electron chi connectivity index (χ3n) is 5.44. The highest BCUT2D eigenvalue weighted by Gasteiger charge is 2.51. The molecule has 5 nitrogen and oxygen atoms in total. The van der Waals surface area contributed by atoms with Gasteiger partial charge in [-0.15, -0.1) is 0 Å². The van der Waals surface area contributed by atoms with Gasteiger partial charge in [0.2, 0.25) is 17.7 Å². The van der Waals surface area contributed by atoms with Crippen molar-refractivity contribution in [2.45, 2.75) is 52.6 Å². The molecule has 1 aliphatic heterocycles. The van der Waals surface area contributed by atoms with E-state index in [1.807, 2.05) is 57.2 Å². The Labute approximate surface area is 160 Å². The fraction of sp³-hybridized carbons (Fsp3) is 0.500. The van der Waals surface area contributed by atoms with E-state index in [-0.39, 0.29) is 35.5 Å². The summed E-state index contributed by atoms with van der Waals surface area (Å²) >= 11 is 0. The summed E-state index contributed by atoms with van der Waals surface area (Å²) in [6.07, 6.45) is 5.58. The maximum atomic E-state index is 12.9. The van der Waals surface area contributed by atoms with Crippen LogP contribution in [0.5, 0.6) is 0 Å². The minimum Gasteiger partial charge on any atom is -0.350 e. The summed E-state index contributed by atoms with van der Waals surface area (Å²) in [5, 5.41) is 2.92. The van der Waals surface area contributed by atoms with Gasteiger partial charge >= 0.3 is 0 Å². The number of carbonyl (C=O) groups excluding carboxylic acids is 3. The molecule has 5 heteroatoms. The van der Waals surface area contributed by atoms with Crippen molar-refractivity contribution in [2.24, 2.45) is 17.8 Å². The normalized spacial score (nSPS) is 22.9. The van der Waals surface area contributed by atoms with Gasteiger partial charge < -0.3 is 5.32 Å². The van der Waals surface area contributed by atoms with Gasteiger partial charge in [-0.3, -0.25) is 19.3 Å². The number of hydrogen-bond donors (Lipinski definition) is 1. The zero-order valence-electron chi connectivity index (χ0n) is 16.3. The molecule has 0 spiro atoms. The number of nitrogens with one attached hydrogen (secondary N) is 1. The number of benzene rings is 1. The Morgan fingerprint density at radius 2 is 1.63 bits per heavy atom. The number of rotatable bonds is 6. The van der Waals surface area contributed by atoms with E-state index in [2.05, 4.69) is 5.32 Å². The van der Waals surface area contributed by atoms with E-state index in [4.69, 9.17) is 0 Å². The lowest BCUT2D eigenvalue weighted by atomic mass is 9.85. The van der Waals surface area contributed by atoms with E-state index >= 15 is 0 Å². The number of aryl methyl sites for hydroxylation is 1. The number of allylic oxidation sites excluding steroid dienone is 2. The molecule has 0 radical (unpaired) electrons. The smallest absolute Gasteiger partial charge is 0.243 e. The third kappa shape index (κ3) is 4.12. The second-order valence-corrected chi connectivity index (χ2v) is 8.05. The minimum absolute atomic E-state index is 0.189. The summed E-state index contributed by atoms with van der Waals surface area (Å²) < 4.78 is 0. The Kier molecular flexibility index (Phi) is 5.78. The van der Waals surface area contributed by atoms with Crippen LogP contribution in [0.15, 0.2) is 36.4 Å². The number of amides is 3. The number of hydrogen-bond acceptors (Lipinski definition) is 3. The molecule has 0 unspecified atom stereocenters. The maximum Gasteiger partial charge on any atom is 0.243 e. The molecular weight excluding hydrogens is 340 g/mol. The summed E-state index contributed by atoms with van der Waals surface area (Å²) in [6.45, 7) is 6.40. The van der Waals surface area contributed by atoms with Crippen molar-refractivity contribution in [3.05, 3.63) is 47.5 Å². The summed E-state index contributed by atoms with van der Waals surface area (Å²) in [6, 6.07) is 7.20. The molecule has 0 bridgehead atoms. The number of nitrogens with zero attached hydrogens (tertiary/aromatic N) is 1. The molecule has 144 valence electrons. The molecular formula is C22H28N2O3. The van der Waals surface area contributed by atoms with Crippen molar-refractivity contribution < 1.29 is 14.4 Å². The lowest BCUT2D eigenvalue weighted by Crippen LogP contribution is -2.50. The predicted molar refractivity (Wildman–Crippen MR) is 103 cm³/mol. The van der Waals surface area contributed by atoms with Gasteiger partial charge in [-0.25, -0.2) is 0 Å². The SMILES string of the molecule is Cc1ccc(CNC(=O)[C@H](CC(C)C)N2C(=O)[C@H]3CC=CC[C@@H]3C2=O)cc1. The van der Waals surface area contributed by atoms with Gasteiger partial charge in [-0.2, -0.15) is 0 Å². The fourth-order valence-electron chi connectivity index (χ4n) is 3.92. The van der Waals surface area contributed by atoms with E-state index in [0.29, 0.717) is 25.8 Å². The van der Waals surface area contributed by atoms with Gasteiger partial charge in [0.25, 0.3) is 0 Å². The van der Waals surface area contributed by atoms with Gasteiger partial charge in [0.15, 0.2) is 0 Å². The summed E-state index contributed by atoms with van der Waals surface area (Å²) in [5.41, 5.74) is 2.15. The third-order valence-corrected chi connectivity index (χ3v) is 5.44. The molecule has 0 saturated carbocycles. The molecule has 1 heterocycles. The van der Waals surface area contributed by atoms with Crippen LogP contribution in [0.1, 0.15) is 44.2 Å². The lowest BCUT2D eigenvalue weighted by Gasteiger charge is -2.27. The Bertz CT molecular complexity index is 725. The first-order valence-corrected chi connectivity index (χ1v) is 9.73. The molecule has 1 saturated heterocycles. The highest BCUT2D eigenvalue weighted by Crippen LogP contribution is 2.37. The van der Waals surface area contributed by atoms with Crippen LogP contribution in [0.4, 0.5) is 0 Å². The molecule has 3 atom stereocenters. The highest BCUT2D eigenvalue weighted by atomic mass is 16.2. The van der Waals surface area contributed by atoms with Crippen LogP contribution in [0, 0.1) is 24.7 Å². The topological polar surface area (TPSA) is 66.5 Å². The van der Waals surface area contributed by atoms with E-state index in [1.165, 1.54) is 4.90 Å². The molecule has 0 aromatic heterocycles. The van der Waals surface area contributed by atoms with Crippen LogP contribution in [-0.4, -0.2) is 28.7 Å². The van der Waals surface area contributed by atoms with Crippen LogP contribution >= 0.6 is 0 Å². The van der Waals surface area contributed by atoms with Gasteiger partial charge in [-0.05, 0) is 37.7 Å². The van der Waals surface area contributed by atoms with Gasteiger partial charge in [0.05, 0.1) is 11.8 Å². The second-order valence-electron chi connectivity index (χ2n) is 8.05. The summed E-state index contributed by atoms with van der Waals surface area (Å²) in [7, 11) is 0. The van der Waals surface area contributed by atoms with Gasteiger partial charge in [0, 0.05) is 6.54 Å². The largest absolute Gasteiger partial charge is 0.350 e.